The first-order valence-corrected chi connectivity index (χ1v) is 10.9. The summed E-state index contributed by atoms with van der Waals surface area (Å²) in [5, 5.41) is 0. The lowest BCUT2D eigenvalue weighted by atomic mass is 10.1. The van der Waals surface area contributed by atoms with Gasteiger partial charge in [-0.05, 0) is 47.5 Å². The smallest absolute Gasteiger partial charge is 0.195 e. The van der Waals surface area contributed by atoms with Crippen LogP contribution in [-0.4, -0.2) is 33.7 Å². The Morgan fingerprint density at radius 1 is 0.759 bits per heavy atom. The molecule has 29 heavy (non-hydrogen) atoms. The molecule has 0 bridgehead atoms. The van der Waals surface area contributed by atoms with E-state index in [-0.39, 0.29) is 14.9 Å². The zero-order chi connectivity index (χ0) is 21.7. The van der Waals surface area contributed by atoms with E-state index in [2.05, 4.69) is 112 Å². The van der Waals surface area contributed by atoms with Gasteiger partial charge in [-0.2, -0.15) is 4.68 Å². The molecule has 0 spiro atoms. The van der Waals surface area contributed by atoms with Crippen LogP contribution in [0.5, 0.6) is 0 Å². The van der Waals surface area contributed by atoms with Crippen LogP contribution < -0.4 is 4.68 Å². The fraction of sp³-hybridized carbons (Fsp3) is 0.800. The van der Waals surface area contributed by atoms with Crippen molar-refractivity contribution in [1.82, 2.24) is 14.5 Å². The van der Waals surface area contributed by atoms with Crippen molar-refractivity contribution >= 4 is 0 Å². The van der Waals surface area contributed by atoms with Gasteiger partial charge in [-0.3, -0.25) is 0 Å². The molecule has 0 fully saturated rings. The second kappa shape index (κ2) is 18.6. The first kappa shape index (κ1) is 35.0. The second-order valence-corrected chi connectivity index (χ2v) is 7.60. The fourth-order valence-electron chi connectivity index (χ4n) is 3.11. The lowest BCUT2D eigenvalue weighted by molar-refractivity contribution is -0.794. The van der Waals surface area contributed by atoms with Crippen molar-refractivity contribution in [3.63, 3.8) is 0 Å². The molecule has 4 nitrogen and oxygen atoms in total. The minimum atomic E-state index is 0. The van der Waals surface area contributed by atoms with Crippen molar-refractivity contribution in [2.75, 3.05) is 7.05 Å². The predicted octanol–water partition coefficient (Wildman–Crippen LogP) is 7.36. The summed E-state index contributed by atoms with van der Waals surface area (Å²) in [6.45, 7) is 25.8. The van der Waals surface area contributed by atoms with E-state index in [1.54, 1.807) is 0 Å². The standard InChI is InChI=1S/C10H20N2.C9H17N2.2C2H6.2CH4/c1-8(2)10-11(5)6-7-12(10)9(3)4;1-8(2)10-6-5-7-11(10)9(3)4;2*1-2;;/h6-10H,1-5H3;5-9H,1-4H3;2*1-2H3;2*1H4/q;+1;;;;. The Hall–Kier alpha value is -1.45. The Bertz CT molecular complexity index is 464. The third kappa shape index (κ3) is 11.3. The van der Waals surface area contributed by atoms with Crippen LogP contribution in [0.4, 0.5) is 0 Å². The molecule has 0 saturated heterocycles. The van der Waals surface area contributed by atoms with Gasteiger partial charge in [0.05, 0.1) is 12.2 Å². The molecule has 1 unspecified atom stereocenters. The Morgan fingerprint density at radius 3 is 1.52 bits per heavy atom. The van der Waals surface area contributed by atoms with Gasteiger partial charge < -0.3 is 9.80 Å². The highest BCUT2D eigenvalue weighted by Gasteiger charge is 2.27. The molecule has 1 aliphatic rings. The van der Waals surface area contributed by atoms with Crippen LogP contribution in [0.1, 0.15) is 110 Å². The SMILES string of the molecule is C.C.CC.CC.CC(C)C1N(C)C=CN1C(C)C.CC(C)n1ccc[n+]1C(C)C. The molecular formula is C25H57N4+. The van der Waals surface area contributed by atoms with E-state index in [4.69, 9.17) is 0 Å². The van der Waals surface area contributed by atoms with Crippen LogP contribution in [0.2, 0.25) is 0 Å². The third-order valence-corrected chi connectivity index (χ3v) is 4.19. The maximum atomic E-state index is 2.41. The highest BCUT2D eigenvalue weighted by atomic mass is 15.4. The minimum Gasteiger partial charge on any atom is -0.359 e. The van der Waals surface area contributed by atoms with Gasteiger partial charge in [-0.25, -0.2) is 0 Å². The van der Waals surface area contributed by atoms with E-state index in [0.717, 1.165) is 0 Å². The second-order valence-electron chi connectivity index (χ2n) is 7.60. The molecule has 1 aliphatic heterocycles. The number of rotatable bonds is 4. The maximum absolute atomic E-state index is 2.41. The summed E-state index contributed by atoms with van der Waals surface area (Å²) in [6, 6.07) is 3.78. The largest absolute Gasteiger partial charge is 0.359 e. The molecule has 0 N–H and O–H groups in total. The monoisotopic (exact) mass is 413 g/mol. The summed E-state index contributed by atoms with van der Waals surface area (Å²) in [6.07, 6.45) is 9.12. The minimum absolute atomic E-state index is 0. The van der Waals surface area contributed by atoms with Gasteiger partial charge in [0, 0.05) is 31.6 Å². The number of hydrogen-bond donors (Lipinski definition) is 0. The van der Waals surface area contributed by atoms with Crippen molar-refractivity contribution in [1.29, 1.82) is 0 Å². The molecule has 0 aliphatic carbocycles. The van der Waals surface area contributed by atoms with Gasteiger partial charge in [-0.15, -0.1) is 4.68 Å². The Balaban J connectivity index is -0.000000174. The Labute approximate surface area is 185 Å². The molecule has 1 aromatic heterocycles. The third-order valence-electron chi connectivity index (χ3n) is 4.19. The molecule has 2 rings (SSSR count). The molecule has 4 heteroatoms. The van der Waals surface area contributed by atoms with Crippen molar-refractivity contribution < 1.29 is 4.68 Å². The number of hydrogen-bond acceptors (Lipinski definition) is 2. The summed E-state index contributed by atoms with van der Waals surface area (Å²) in [7, 11) is 2.14. The highest BCUT2D eigenvalue weighted by molar-refractivity contribution is 4.97. The summed E-state index contributed by atoms with van der Waals surface area (Å²) < 4.78 is 4.48. The molecule has 0 radical (unpaired) electrons. The summed E-state index contributed by atoms with van der Waals surface area (Å²) in [5.41, 5.74) is 0. The van der Waals surface area contributed by atoms with E-state index in [9.17, 15) is 0 Å². The zero-order valence-electron chi connectivity index (χ0n) is 20.6. The predicted molar refractivity (Wildman–Crippen MR) is 134 cm³/mol. The van der Waals surface area contributed by atoms with Crippen LogP contribution in [0.25, 0.3) is 0 Å². The average Bonchev–Trinajstić information content (AvgIpc) is 3.25. The number of aromatic nitrogens is 2. The zero-order valence-corrected chi connectivity index (χ0v) is 20.6. The van der Waals surface area contributed by atoms with Crippen molar-refractivity contribution in [3.8, 4) is 0 Å². The van der Waals surface area contributed by atoms with Gasteiger partial charge >= 0.3 is 0 Å². The highest BCUT2D eigenvalue weighted by Crippen LogP contribution is 2.22. The van der Waals surface area contributed by atoms with Gasteiger partial charge in [0.1, 0.15) is 6.17 Å². The van der Waals surface area contributed by atoms with E-state index in [1.807, 2.05) is 27.7 Å². The molecule has 0 saturated carbocycles. The van der Waals surface area contributed by atoms with Gasteiger partial charge in [0.25, 0.3) is 0 Å². The summed E-state index contributed by atoms with van der Waals surface area (Å²) in [4.78, 5) is 4.69. The quantitative estimate of drug-likeness (QED) is 0.479. The molecule has 0 amide bonds. The molecule has 0 aromatic carbocycles. The normalized spacial score (nSPS) is 14.4. The van der Waals surface area contributed by atoms with E-state index >= 15 is 0 Å². The number of nitrogens with zero attached hydrogens (tertiary/aromatic N) is 4. The van der Waals surface area contributed by atoms with E-state index in [1.165, 1.54) is 0 Å². The Morgan fingerprint density at radius 2 is 1.24 bits per heavy atom. The lowest BCUT2D eigenvalue weighted by Crippen LogP contribution is -2.45. The molecule has 1 aromatic rings. The maximum Gasteiger partial charge on any atom is 0.195 e. The fourth-order valence-corrected chi connectivity index (χ4v) is 3.11. The van der Waals surface area contributed by atoms with Crippen LogP contribution in [0, 0.1) is 5.92 Å². The summed E-state index contributed by atoms with van der Waals surface area (Å²) >= 11 is 0. The van der Waals surface area contributed by atoms with Gasteiger partial charge in [-0.1, -0.05) is 56.4 Å². The molecule has 1 atom stereocenters. The van der Waals surface area contributed by atoms with Gasteiger partial charge in [0.2, 0.25) is 0 Å². The topological polar surface area (TPSA) is 15.3 Å². The average molecular weight is 414 g/mol. The van der Waals surface area contributed by atoms with Gasteiger partial charge in [0.15, 0.2) is 12.2 Å². The van der Waals surface area contributed by atoms with E-state index in [0.29, 0.717) is 30.2 Å². The van der Waals surface area contributed by atoms with Crippen LogP contribution in [0.15, 0.2) is 30.9 Å². The van der Waals surface area contributed by atoms with Crippen LogP contribution in [0.3, 0.4) is 0 Å². The Kier molecular flexibility index (Phi) is 22.4. The van der Waals surface area contributed by atoms with Crippen molar-refractivity contribution in [2.24, 2.45) is 5.92 Å². The summed E-state index contributed by atoms with van der Waals surface area (Å²) in [5.74, 6) is 0.674. The first-order chi connectivity index (χ1) is 12.7. The molecular weight excluding hydrogens is 356 g/mol. The van der Waals surface area contributed by atoms with Crippen molar-refractivity contribution in [3.05, 3.63) is 30.9 Å². The van der Waals surface area contributed by atoms with Crippen LogP contribution in [-0.2, 0) is 0 Å². The van der Waals surface area contributed by atoms with Crippen LogP contribution >= 0.6 is 0 Å². The molecule has 176 valence electrons. The first-order valence-electron chi connectivity index (χ1n) is 10.9. The molecule has 2 heterocycles. The van der Waals surface area contributed by atoms with E-state index < -0.39 is 0 Å². The van der Waals surface area contributed by atoms with Crippen molar-refractivity contribution in [2.45, 2.75) is 122 Å². The lowest BCUT2D eigenvalue weighted by Gasteiger charge is -2.36.